The molecule has 0 fully saturated rings. The summed E-state index contributed by atoms with van der Waals surface area (Å²) in [7, 11) is 0. The summed E-state index contributed by atoms with van der Waals surface area (Å²) in [5, 5.41) is 33.5. The number of nitrogens with one attached hydrogen (secondary N) is 1. The molecule has 340 valence electrons. The van der Waals surface area contributed by atoms with Crippen LogP contribution < -0.4 is 5.32 Å². The van der Waals surface area contributed by atoms with Crippen molar-refractivity contribution in [2.24, 2.45) is 0 Å². The highest BCUT2D eigenvalue weighted by Gasteiger charge is 2.21. The number of carbonyl (C=O) groups is 1. The fraction of sp³-hybridized carbons (Fsp3) is 0.942. The third kappa shape index (κ3) is 44.5. The number of hydrogen-bond donors (Lipinski definition) is 4. The zero-order valence-electron chi connectivity index (χ0n) is 38.7. The first kappa shape index (κ1) is 56.1. The summed E-state index contributed by atoms with van der Waals surface area (Å²) in [6.45, 7) is 4.28. The van der Waals surface area contributed by atoms with Gasteiger partial charge in [0.1, 0.15) is 0 Å². The van der Waals surface area contributed by atoms with E-state index in [0.717, 1.165) is 25.7 Å². The first-order valence-electron chi connectivity index (χ1n) is 26.0. The zero-order chi connectivity index (χ0) is 41.5. The van der Waals surface area contributed by atoms with Crippen LogP contribution in [-0.2, 0) is 4.79 Å². The maximum atomic E-state index is 12.5. The van der Waals surface area contributed by atoms with E-state index in [1.54, 1.807) is 0 Å². The highest BCUT2D eigenvalue weighted by molar-refractivity contribution is 5.76. The number of unbranched alkanes of at least 4 members (excludes halogenated alkanes) is 37. The van der Waals surface area contributed by atoms with Crippen LogP contribution in [0.25, 0.3) is 0 Å². The van der Waals surface area contributed by atoms with E-state index in [1.165, 1.54) is 231 Å². The lowest BCUT2D eigenvalue weighted by Crippen LogP contribution is -2.46. The Balaban J connectivity index is 3.49. The molecule has 4 N–H and O–H groups in total. The number of carbonyl (C=O) groups excluding carboxylic acids is 1. The molecule has 0 heterocycles. The van der Waals surface area contributed by atoms with Gasteiger partial charge in [-0.05, 0) is 38.5 Å². The predicted molar refractivity (Wildman–Crippen MR) is 250 cm³/mol. The fourth-order valence-corrected chi connectivity index (χ4v) is 8.34. The third-order valence-corrected chi connectivity index (χ3v) is 12.3. The summed E-state index contributed by atoms with van der Waals surface area (Å²) in [6.07, 6.45) is 57.9. The Hall–Kier alpha value is -0.910. The molecule has 0 aliphatic carbocycles. The van der Waals surface area contributed by atoms with E-state index in [-0.39, 0.29) is 18.9 Å². The Morgan fingerprint density at radius 1 is 0.421 bits per heavy atom. The van der Waals surface area contributed by atoms with Gasteiger partial charge in [-0.25, -0.2) is 0 Å². The highest BCUT2D eigenvalue weighted by Crippen LogP contribution is 2.17. The Bertz CT molecular complexity index is 803. The molecular formula is C52H103NO4. The van der Waals surface area contributed by atoms with E-state index in [2.05, 4.69) is 31.3 Å². The Labute approximate surface area is 357 Å². The largest absolute Gasteiger partial charge is 0.394 e. The molecule has 1 amide bonds. The molecule has 0 aliphatic rings. The molecule has 0 bridgehead atoms. The van der Waals surface area contributed by atoms with Crippen molar-refractivity contribution in [3.05, 3.63) is 12.2 Å². The summed E-state index contributed by atoms with van der Waals surface area (Å²) < 4.78 is 0. The number of aliphatic hydroxyl groups excluding tert-OH is 3. The van der Waals surface area contributed by atoms with Gasteiger partial charge in [0.2, 0.25) is 5.91 Å². The van der Waals surface area contributed by atoms with Gasteiger partial charge in [0.25, 0.3) is 0 Å². The van der Waals surface area contributed by atoms with Gasteiger partial charge in [-0.3, -0.25) is 4.79 Å². The number of aliphatic hydroxyl groups is 3. The van der Waals surface area contributed by atoms with E-state index in [1.807, 2.05) is 0 Å². The van der Waals surface area contributed by atoms with E-state index in [4.69, 9.17) is 0 Å². The molecule has 5 heteroatoms. The molecule has 0 aromatic carbocycles. The molecule has 0 saturated carbocycles. The van der Waals surface area contributed by atoms with Crippen LogP contribution >= 0.6 is 0 Å². The second-order valence-electron chi connectivity index (χ2n) is 18.1. The number of rotatable bonds is 48. The minimum atomic E-state index is -0.745. The lowest BCUT2D eigenvalue weighted by Gasteiger charge is -2.23. The van der Waals surface area contributed by atoms with Gasteiger partial charge < -0.3 is 20.6 Å². The van der Waals surface area contributed by atoms with E-state index < -0.39 is 18.2 Å². The van der Waals surface area contributed by atoms with Crippen LogP contribution in [0.15, 0.2) is 12.2 Å². The van der Waals surface area contributed by atoms with Crippen molar-refractivity contribution in [3.63, 3.8) is 0 Å². The van der Waals surface area contributed by atoms with Gasteiger partial charge in [0.15, 0.2) is 0 Å². The van der Waals surface area contributed by atoms with Crippen molar-refractivity contribution >= 4 is 5.91 Å². The van der Waals surface area contributed by atoms with Crippen LogP contribution in [0.4, 0.5) is 0 Å². The van der Waals surface area contributed by atoms with Crippen LogP contribution in [0.5, 0.6) is 0 Å². The molecule has 0 radical (unpaired) electrons. The lowest BCUT2D eigenvalue weighted by molar-refractivity contribution is -0.125. The van der Waals surface area contributed by atoms with Crippen molar-refractivity contribution in [3.8, 4) is 0 Å². The summed E-state index contributed by atoms with van der Waals surface area (Å²) in [5.41, 5.74) is 0. The Morgan fingerprint density at radius 3 is 1.02 bits per heavy atom. The van der Waals surface area contributed by atoms with Crippen LogP contribution in [-0.4, -0.2) is 46.1 Å². The molecular weight excluding hydrogens is 703 g/mol. The quantitative estimate of drug-likeness (QED) is 0.0364. The van der Waals surface area contributed by atoms with E-state index >= 15 is 0 Å². The number of amides is 1. The van der Waals surface area contributed by atoms with Gasteiger partial charge in [-0.2, -0.15) is 0 Å². The molecule has 57 heavy (non-hydrogen) atoms. The highest BCUT2D eigenvalue weighted by atomic mass is 16.3. The van der Waals surface area contributed by atoms with Crippen LogP contribution in [0.1, 0.15) is 290 Å². The van der Waals surface area contributed by atoms with Crippen LogP contribution in [0.2, 0.25) is 0 Å². The molecule has 0 aromatic rings. The summed E-state index contributed by atoms with van der Waals surface area (Å²) in [6, 6.07) is -0.655. The van der Waals surface area contributed by atoms with Gasteiger partial charge in [0, 0.05) is 0 Å². The molecule has 3 atom stereocenters. The minimum Gasteiger partial charge on any atom is -0.394 e. The summed E-state index contributed by atoms with van der Waals surface area (Å²) >= 11 is 0. The third-order valence-electron chi connectivity index (χ3n) is 12.3. The van der Waals surface area contributed by atoms with Crippen molar-refractivity contribution in [2.45, 2.75) is 308 Å². The second kappa shape index (κ2) is 47.8. The van der Waals surface area contributed by atoms with Gasteiger partial charge >= 0.3 is 0 Å². The average Bonchev–Trinajstić information content (AvgIpc) is 3.20. The zero-order valence-corrected chi connectivity index (χ0v) is 38.7. The average molecular weight is 806 g/mol. The lowest BCUT2D eigenvalue weighted by atomic mass is 10.0. The van der Waals surface area contributed by atoms with E-state index in [0.29, 0.717) is 12.8 Å². The molecule has 3 unspecified atom stereocenters. The van der Waals surface area contributed by atoms with Crippen molar-refractivity contribution in [2.75, 3.05) is 6.61 Å². The smallest absolute Gasteiger partial charge is 0.222 e. The predicted octanol–water partition coefficient (Wildman–Crippen LogP) is 15.6. The van der Waals surface area contributed by atoms with Crippen molar-refractivity contribution in [1.29, 1.82) is 0 Å². The van der Waals surface area contributed by atoms with Crippen LogP contribution in [0.3, 0.4) is 0 Å². The first-order valence-corrected chi connectivity index (χ1v) is 26.0. The maximum absolute atomic E-state index is 12.5. The Kier molecular flexibility index (Phi) is 47.0. The fourth-order valence-electron chi connectivity index (χ4n) is 8.34. The standard InChI is InChI=1S/C52H103NO4/c1-3-5-7-9-11-13-15-17-18-19-20-21-22-23-24-25-26-27-28-29-30-31-32-34-35-37-39-41-43-45-49(55)47-52(57)53-50(48-54)51(56)46-44-42-40-38-36-33-16-14-12-10-8-6-4-2/h23-24,49-51,54-56H,3-22,25-48H2,1-2H3,(H,53,57)/b24-23-. The monoisotopic (exact) mass is 806 g/mol. The summed E-state index contributed by atoms with van der Waals surface area (Å²) in [4.78, 5) is 12.5. The Morgan fingerprint density at radius 2 is 0.702 bits per heavy atom. The van der Waals surface area contributed by atoms with Crippen molar-refractivity contribution in [1.82, 2.24) is 5.32 Å². The normalized spacial score (nSPS) is 13.4. The molecule has 0 aliphatic heterocycles. The van der Waals surface area contributed by atoms with Gasteiger partial charge in [0.05, 0.1) is 31.3 Å². The molecule has 0 aromatic heterocycles. The van der Waals surface area contributed by atoms with E-state index in [9.17, 15) is 20.1 Å². The maximum Gasteiger partial charge on any atom is 0.222 e. The molecule has 0 spiro atoms. The van der Waals surface area contributed by atoms with Crippen molar-refractivity contribution < 1.29 is 20.1 Å². The number of allylic oxidation sites excluding steroid dienone is 2. The molecule has 5 nitrogen and oxygen atoms in total. The minimum absolute atomic E-state index is 0.0402. The van der Waals surface area contributed by atoms with Gasteiger partial charge in [-0.15, -0.1) is 0 Å². The molecule has 0 rings (SSSR count). The first-order chi connectivity index (χ1) is 28.0. The summed E-state index contributed by atoms with van der Waals surface area (Å²) in [5.74, 6) is -0.279. The number of hydrogen-bond acceptors (Lipinski definition) is 4. The topological polar surface area (TPSA) is 89.8 Å². The second-order valence-corrected chi connectivity index (χ2v) is 18.1. The van der Waals surface area contributed by atoms with Gasteiger partial charge in [-0.1, -0.05) is 257 Å². The molecule has 0 saturated heterocycles. The van der Waals surface area contributed by atoms with Crippen LogP contribution in [0, 0.1) is 0 Å². The SMILES string of the molecule is CCCCCCCCCCCCCC/C=C\CCCCCCCCCCCCCCCC(O)CC(=O)NC(CO)C(O)CCCCCCCCCCCCCCC.